The summed E-state index contributed by atoms with van der Waals surface area (Å²) >= 11 is 0. The fourth-order valence-electron chi connectivity index (χ4n) is 4.11. The number of morpholine rings is 1. The first kappa shape index (κ1) is 19.5. The molecule has 1 aliphatic rings. The standard InChI is InChI=1S/C24H23FN4O2/c1-27-24(30)21-6-5-18(14-22(21)29(27)16-17-3-2-4-20(25)13-17)19-7-8-26-23(15-19)28-9-11-31-12-10-28/h2-8,13-15H,9-12,16H2,1H3. The number of benzene rings is 2. The van der Waals surface area contributed by atoms with Gasteiger partial charge in [-0.05, 0) is 53.1 Å². The van der Waals surface area contributed by atoms with Crippen LogP contribution < -0.4 is 10.5 Å². The molecule has 2 aromatic carbocycles. The van der Waals surface area contributed by atoms with Crippen LogP contribution in [0.5, 0.6) is 0 Å². The average molecular weight is 418 g/mol. The number of hydrogen-bond acceptors (Lipinski definition) is 4. The van der Waals surface area contributed by atoms with Crippen molar-refractivity contribution in [2.24, 2.45) is 7.05 Å². The number of fused-ring (bicyclic) bond motifs is 1. The Morgan fingerprint density at radius 2 is 1.84 bits per heavy atom. The Morgan fingerprint density at radius 1 is 1.03 bits per heavy atom. The van der Waals surface area contributed by atoms with Gasteiger partial charge in [-0.1, -0.05) is 18.2 Å². The van der Waals surface area contributed by atoms with Gasteiger partial charge in [0.1, 0.15) is 11.6 Å². The highest BCUT2D eigenvalue weighted by Gasteiger charge is 2.15. The second-order valence-electron chi connectivity index (χ2n) is 7.75. The molecule has 1 saturated heterocycles. The fourth-order valence-corrected chi connectivity index (χ4v) is 4.11. The minimum atomic E-state index is -0.285. The van der Waals surface area contributed by atoms with E-state index >= 15 is 0 Å². The Morgan fingerprint density at radius 3 is 2.65 bits per heavy atom. The highest BCUT2D eigenvalue weighted by Crippen LogP contribution is 2.26. The lowest BCUT2D eigenvalue weighted by Gasteiger charge is -2.28. The second-order valence-corrected chi connectivity index (χ2v) is 7.75. The Kier molecular flexibility index (Phi) is 5.03. The molecule has 1 fully saturated rings. The Labute approximate surface area is 179 Å². The van der Waals surface area contributed by atoms with E-state index in [0.717, 1.165) is 41.1 Å². The zero-order valence-corrected chi connectivity index (χ0v) is 17.3. The van der Waals surface area contributed by atoms with E-state index in [2.05, 4.69) is 16.0 Å². The SMILES string of the molecule is Cn1c(=O)c2ccc(-c3ccnc(N4CCOCC4)c3)cc2n1Cc1cccc(F)c1. The molecule has 0 saturated carbocycles. The average Bonchev–Trinajstić information content (AvgIpc) is 3.04. The number of pyridine rings is 1. The van der Waals surface area contributed by atoms with Crippen molar-refractivity contribution in [2.75, 3.05) is 31.2 Å². The fraction of sp³-hybridized carbons (Fsp3) is 0.250. The third kappa shape index (κ3) is 3.72. The molecule has 4 aromatic rings. The van der Waals surface area contributed by atoms with E-state index in [1.807, 2.05) is 41.2 Å². The molecule has 0 atom stereocenters. The molecule has 5 rings (SSSR count). The van der Waals surface area contributed by atoms with Crippen molar-refractivity contribution >= 4 is 16.7 Å². The number of ether oxygens (including phenoxy) is 1. The molecule has 0 bridgehead atoms. The van der Waals surface area contributed by atoms with Crippen molar-refractivity contribution in [1.29, 1.82) is 0 Å². The smallest absolute Gasteiger partial charge is 0.274 e. The summed E-state index contributed by atoms with van der Waals surface area (Å²) in [7, 11) is 1.74. The minimum Gasteiger partial charge on any atom is -0.378 e. The van der Waals surface area contributed by atoms with Crippen molar-refractivity contribution in [2.45, 2.75) is 6.54 Å². The molecule has 0 amide bonds. The molecule has 0 N–H and O–H groups in total. The maximum absolute atomic E-state index is 13.7. The third-order valence-electron chi connectivity index (χ3n) is 5.80. The third-order valence-corrected chi connectivity index (χ3v) is 5.80. The van der Waals surface area contributed by atoms with E-state index in [4.69, 9.17) is 4.74 Å². The maximum Gasteiger partial charge on any atom is 0.274 e. The van der Waals surface area contributed by atoms with Gasteiger partial charge in [0.25, 0.3) is 5.56 Å². The number of nitrogens with zero attached hydrogens (tertiary/aromatic N) is 4. The number of rotatable bonds is 4. The Balaban J connectivity index is 1.56. The normalized spacial score (nSPS) is 14.3. The number of halogens is 1. The van der Waals surface area contributed by atoms with E-state index < -0.39 is 0 Å². The molecule has 0 aliphatic carbocycles. The molecule has 7 heteroatoms. The van der Waals surface area contributed by atoms with Gasteiger partial charge in [0, 0.05) is 26.3 Å². The number of aromatic nitrogens is 3. The molecule has 0 unspecified atom stereocenters. The van der Waals surface area contributed by atoms with Crippen LogP contribution in [-0.4, -0.2) is 40.7 Å². The first-order chi connectivity index (χ1) is 15.1. The van der Waals surface area contributed by atoms with Crippen LogP contribution in [0, 0.1) is 5.82 Å². The summed E-state index contributed by atoms with van der Waals surface area (Å²) in [6, 6.07) is 16.4. The minimum absolute atomic E-state index is 0.0679. The van der Waals surface area contributed by atoms with Crippen LogP contribution in [0.2, 0.25) is 0 Å². The topological polar surface area (TPSA) is 52.3 Å². The molecular formula is C24H23FN4O2. The van der Waals surface area contributed by atoms with Crippen molar-refractivity contribution in [3.63, 3.8) is 0 Å². The van der Waals surface area contributed by atoms with E-state index in [-0.39, 0.29) is 11.4 Å². The van der Waals surface area contributed by atoms with Crippen LogP contribution >= 0.6 is 0 Å². The van der Waals surface area contributed by atoms with E-state index in [1.54, 1.807) is 17.8 Å². The van der Waals surface area contributed by atoms with Crippen LogP contribution in [0.25, 0.3) is 22.0 Å². The monoisotopic (exact) mass is 418 g/mol. The van der Waals surface area contributed by atoms with Crippen molar-refractivity contribution in [3.8, 4) is 11.1 Å². The van der Waals surface area contributed by atoms with E-state index in [0.29, 0.717) is 25.1 Å². The van der Waals surface area contributed by atoms with Gasteiger partial charge < -0.3 is 9.64 Å². The highest BCUT2D eigenvalue weighted by atomic mass is 19.1. The van der Waals surface area contributed by atoms with Gasteiger partial charge in [0.05, 0.1) is 30.7 Å². The maximum atomic E-state index is 13.7. The molecule has 3 heterocycles. The quantitative estimate of drug-likeness (QED) is 0.510. The second kappa shape index (κ2) is 8.00. The summed E-state index contributed by atoms with van der Waals surface area (Å²) in [6.07, 6.45) is 1.81. The van der Waals surface area contributed by atoms with Crippen LogP contribution in [0.3, 0.4) is 0 Å². The first-order valence-electron chi connectivity index (χ1n) is 10.3. The van der Waals surface area contributed by atoms with Crippen LogP contribution in [0.4, 0.5) is 10.2 Å². The number of hydrogen-bond donors (Lipinski definition) is 0. The van der Waals surface area contributed by atoms with Crippen molar-refractivity contribution < 1.29 is 9.13 Å². The molecule has 6 nitrogen and oxygen atoms in total. The lowest BCUT2D eigenvalue weighted by atomic mass is 10.0. The molecule has 2 aromatic heterocycles. The Bertz CT molecular complexity index is 1300. The summed E-state index contributed by atoms with van der Waals surface area (Å²) < 4.78 is 22.6. The van der Waals surface area contributed by atoms with Gasteiger partial charge in [-0.2, -0.15) is 0 Å². The summed E-state index contributed by atoms with van der Waals surface area (Å²) in [5.41, 5.74) is 3.59. The van der Waals surface area contributed by atoms with Gasteiger partial charge in [-0.25, -0.2) is 9.37 Å². The summed E-state index contributed by atoms with van der Waals surface area (Å²) in [5, 5.41) is 0.644. The summed E-state index contributed by atoms with van der Waals surface area (Å²) in [5.74, 6) is 0.637. The largest absolute Gasteiger partial charge is 0.378 e. The van der Waals surface area contributed by atoms with E-state index in [9.17, 15) is 9.18 Å². The summed E-state index contributed by atoms with van der Waals surface area (Å²) in [6.45, 7) is 3.46. The van der Waals surface area contributed by atoms with Crippen molar-refractivity contribution in [1.82, 2.24) is 14.3 Å². The predicted molar refractivity (Wildman–Crippen MR) is 119 cm³/mol. The molecule has 158 valence electrons. The highest BCUT2D eigenvalue weighted by molar-refractivity contribution is 5.85. The van der Waals surface area contributed by atoms with Crippen LogP contribution in [-0.2, 0) is 18.3 Å². The lowest BCUT2D eigenvalue weighted by molar-refractivity contribution is 0.122. The zero-order chi connectivity index (χ0) is 21.4. The molecule has 0 radical (unpaired) electrons. The van der Waals surface area contributed by atoms with Crippen LogP contribution in [0.15, 0.2) is 65.6 Å². The van der Waals surface area contributed by atoms with Gasteiger partial charge in [-0.15, -0.1) is 0 Å². The molecule has 31 heavy (non-hydrogen) atoms. The zero-order valence-electron chi connectivity index (χ0n) is 17.3. The predicted octanol–water partition coefficient (Wildman–Crippen LogP) is 3.43. The van der Waals surface area contributed by atoms with Gasteiger partial charge in [-0.3, -0.25) is 14.2 Å². The van der Waals surface area contributed by atoms with Gasteiger partial charge in [0.15, 0.2) is 0 Å². The Hall–Kier alpha value is -3.45. The number of anilines is 1. The molecule has 1 aliphatic heterocycles. The first-order valence-corrected chi connectivity index (χ1v) is 10.3. The molecule has 0 spiro atoms. The summed E-state index contributed by atoms with van der Waals surface area (Å²) in [4.78, 5) is 19.5. The van der Waals surface area contributed by atoms with Gasteiger partial charge >= 0.3 is 0 Å². The lowest BCUT2D eigenvalue weighted by Crippen LogP contribution is -2.36. The van der Waals surface area contributed by atoms with Crippen molar-refractivity contribution in [3.05, 3.63) is 82.5 Å². The van der Waals surface area contributed by atoms with E-state index in [1.165, 1.54) is 12.1 Å². The van der Waals surface area contributed by atoms with Gasteiger partial charge in [0.2, 0.25) is 0 Å². The van der Waals surface area contributed by atoms with Crippen LogP contribution in [0.1, 0.15) is 5.56 Å². The molecular weight excluding hydrogens is 395 g/mol.